The minimum absolute atomic E-state index is 0.0536. The third kappa shape index (κ3) is 3.20. The van der Waals surface area contributed by atoms with Crippen LogP contribution in [0.1, 0.15) is 11.3 Å². The maximum atomic E-state index is 10.7. The fourth-order valence-electron chi connectivity index (χ4n) is 2.88. The lowest BCUT2D eigenvalue weighted by molar-refractivity contribution is -0.384. The number of aromatic nitrogens is 2. The number of nitro benzene ring substituents is 1. The average molecular weight is 348 g/mol. The lowest BCUT2D eigenvalue weighted by atomic mass is 10.1. The average Bonchev–Trinajstić information content (AvgIpc) is 3.29. The van der Waals surface area contributed by atoms with E-state index in [0.29, 0.717) is 24.5 Å². The van der Waals surface area contributed by atoms with Crippen molar-refractivity contribution in [2.24, 2.45) is 0 Å². The van der Waals surface area contributed by atoms with Crippen molar-refractivity contribution in [3.63, 3.8) is 0 Å². The topological polar surface area (TPSA) is 97.0 Å². The van der Waals surface area contributed by atoms with E-state index in [2.05, 4.69) is 21.5 Å². The standard InChI is InChI=1S/C19H16N4O3/c24-23(25)15-7-5-13(6-8-15)19-9-16(26-22-19)12-20-10-14-11-21-18-4-2-1-3-17(14)18/h1-9,11,20-21H,10,12H2. The largest absolute Gasteiger partial charge is 0.361 e. The molecule has 0 atom stereocenters. The van der Waals surface area contributed by atoms with E-state index in [1.165, 1.54) is 23.1 Å². The minimum Gasteiger partial charge on any atom is -0.361 e. The van der Waals surface area contributed by atoms with E-state index < -0.39 is 4.92 Å². The van der Waals surface area contributed by atoms with Crippen molar-refractivity contribution in [1.29, 1.82) is 0 Å². The number of benzene rings is 2. The van der Waals surface area contributed by atoms with Crippen molar-refractivity contribution in [2.75, 3.05) is 0 Å². The third-order valence-electron chi connectivity index (χ3n) is 4.22. The molecule has 7 heteroatoms. The predicted molar refractivity (Wildman–Crippen MR) is 97.4 cm³/mol. The van der Waals surface area contributed by atoms with Gasteiger partial charge in [0.1, 0.15) is 5.69 Å². The van der Waals surface area contributed by atoms with E-state index in [1.54, 1.807) is 12.1 Å². The number of nitrogens with one attached hydrogen (secondary N) is 2. The first-order chi connectivity index (χ1) is 12.7. The molecule has 7 nitrogen and oxygen atoms in total. The van der Waals surface area contributed by atoms with E-state index in [9.17, 15) is 10.1 Å². The Morgan fingerprint density at radius 3 is 2.73 bits per heavy atom. The Bertz CT molecular complexity index is 1050. The zero-order valence-corrected chi connectivity index (χ0v) is 13.8. The van der Waals surface area contributed by atoms with Crippen molar-refractivity contribution >= 4 is 16.6 Å². The number of aromatic amines is 1. The van der Waals surface area contributed by atoms with Crippen LogP contribution < -0.4 is 5.32 Å². The van der Waals surface area contributed by atoms with E-state index in [1.807, 2.05) is 30.5 Å². The normalized spacial score (nSPS) is 11.1. The zero-order chi connectivity index (χ0) is 17.9. The Morgan fingerprint density at radius 2 is 1.92 bits per heavy atom. The van der Waals surface area contributed by atoms with Crippen molar-refractivity contribution < 1.29 is 9.45 Å². The number of non-ortho nitro benzene ring substituents is 1. The molecule has 2 N–H and O–H groups in total. The lowest BCUT2D eigenvalue weighted by Crippen LogP contribution is -2.11. The summed E-state index contributed by atoms with van der Waals surface area (Å²) in [5.41, 5.74) is 3.80. The van der Waals surface area contributed by atoms with Crippen LogP contribution in [-0.4, -0.2) is 15.1 Å². The number of rotatable bonds is 6. The SMILES string of the molecule is O=[N+]([O-])c1ccc(-c2cc(CNCc3c[nH]c4ccccc34)on2)cc1. The molecular formula is C19H16N4O3. The van der Waals surface area contributed by atoms with E-state index in [0.717, 1.165) is 11.1 Å². The third-order valence-corrected chi connectivity index (χ3v) is 4.22. The Balaban J connectivity index is 1.40. The summed E-state index contributed by atoms with van der Waals surface area (Å²) in [6.45, 7) is 1.25. The van der Waals surface area contributed by atoms with Gasteiger partial charge in [0, 0.05) is 47.4 Å². The Morgan fingerprint density at radius 1 is 1.12 bits per heavy atom. The zero-order valence-electron chi connectivity index (χ0n) is 13.8. The molecule has 0 amide bonds. The highest BCUT2D eigenvalue weighted by atomic mass is 16.6. The molecule has 2 aromatic heterocycles. The van der Waals surface area contributed by atoms with Gasteiger partial charge < -0.3 is 14.8 Å². The van der Waals surface area contributed by atoms with Crippen LogP contribution in [-0.2, 0) is 13.1 Å². The van der Waals surface area contributed by atoms with Crippen molar-refractivity contribution in [3.05, 3.63) is 82.2 Å². The summed E-state index contributed by atoms with van der Waals surface area (Å²) in [5, 5.41) is 19.3. The molecule has 0 aliphatic heterocycles. The highest BCUT2D eigenvalue weighted by molar-refractivity contribution is 5.82. The summed E-state index contributed by atoms with van der Waals surface area (Å²) < 4.78 is 5.35. The van der Waals surface area contributed by atoms with Crippen LogP contribution in [0.3, 0.4) is 0 Å². The fraction of sp³-hybridized carbons (Fsp3) is 0.105. The summed E-state index contributed by atoms with van der Waals surface area (Å²) in [7, 11) is 0. The number of H-pyrrole nitrogens is 1. The summed E-state index contributed by atoms with van der Waals surface area (Å²) in [5.74, 6) is 0.707. The lowest BCUT2D eigenvalue weighted by Gasteiger charge is -2.00. The minimum atomic E-state index is -0.424. The van der Waals surface area contributed by atoms with Gasteiger partial charge in [-0.1, -0.05) is 23.4 Å². The quantitative estimate of drug-likeness (QED) is 0.405. The number of para-hydroxylation sites is 1. The van der Waals surface area contributed by atoms with Crippen LogP contribution in [0.25, 0.3) is 22.2 Å². The number of hydrogen-bond acceptors (Lipinski definition) is 5. The molecule has 0 saturated heterocycles. The Hall–Kier alpha value is -3.45. The van der Waals surface area contributed by atoms with Gasteiger partial charge in [-0.3, -0.25) is 10.1 Å². The van der Waals surface area contributed by atoms with Gasteiger partial charge in [0.05, 0.1) is 11.5 Å². The second-order valence-corrected chi connectivity index (χ2v) is 5.95. The van der Waals surface area contributed by atoms with Crippen LogP contribution in [0.15, 0.2) is 65.3 Å². The van der Waals surface area contributed by atoms with Crippen molar-refractivity contribution in [3.8, 4) is 11.3 Å². The molecule has 0 aliphatic carbocycles. The van der Waals surface area contributed by atoms with Crippen LogP contribution in [0, 0.1) is 10.1 Å². The summed E-state index contributed by atoms with van der Waals surface area (Å²) in [4.78, 5) is 13.5. The molecule has 4 rings (SSSR count). The van der Waals surface area contributed by atoms with Gasteiger partial charge in [-0.05, 0) is 23.8 Å². The number of nitro groups is 1. The van der Waals surface area contributed by atoms with Crippen molar-refractivity contribution in [1.82, 2.24) is 15.5 Å². The molecular weight excluding hydrogens is 332 g/mol. The molecule has 0 bridgehead atoms. The molecule has 0 aliphatic rings. The van der Waals surface area contributed by atoms with Gasteiger partial charge in [-0.2, -0.15) is 0 Å². The van der Waals surface area contributed by atoms with Crippen LogP contribution in [0.2, 0.25) is 0 Å². The molecule has 0 saturated carbocycles. The van der Waals surface area contributed by atoms with Gasteiger partial charge in [-0.25, -0.2) is 0 Å². The summed E-state index contributed by atoms with van der Waals surface area (Å²) in [6.07, 6.45) is 2.00. The van der Waals surface area contributed by atoms with Crippen molar-refractivity contribution in [2.45, 2.75) is 13.1 Å². The molecule has 4 aromatic rings. The van der Waals surface area contributed by atoms with Gasteiger partial charge in [0.2, 0.25) is 0 Å². The van der Waals surface area contributed by atoms with Gasteiger partial charge in [0.25, 0.3) is 5.69 Å². The molecule has 0 fully saturated rings. The fourth-order valence-corrected chi connectivity index (χ4v) is 2.88. The summed E-state index contributed by atoms with van der Waals surface area (Å²) >= 11 is 0. The molecule has 0 spiro atoms. The monoisotopic (exact) mass is 348 g/mol. The maximum absolute atomic E-state index is 10.7. The molecule has 0 unspecified atom stereocenters. The first kappa shape index (κ1) is 16.0. The predicted octanol–water partition coefficient (Wildman–Crippen LogP) is 4.02. The highest BCUT2D eigenvalue weighted by Crippen LogP contribution is 2.22. The van der Waals surface area contributed by atoms with Crippen LogP contribution in [0.4, 0.5) is 5.69 Å². The van der Waals surface area contributed by atoms with Crippen LogP contribution >= 0.6 is 0 Å². The maximum Gasteiger partial charge on any atom is 0.269 e. The molecule has 130 valence electrons. The van der Waals surface area contributed by atoms with E-state index in [-0.39, 0.29) is 5.69 Å². The smallest absolute Gasteiger partial charge is 0.269 e. The van der Waals surface area contributed by atoms with Gasteiger partial charge in [-0.15, -0.1) is 0 Å². The first-order valence-electron chi connectivity index (χ1n) is 8.17. The van der Waals surface area contributed by atoms with Crippen LogP contribution in [0.5, 0.6) is 0 Å². The second kappa shape index (κ2) is 6.81. The Labute approximate surface area is 148 Å². The number of fused-ring (bicyclic) bond motifs is 1. The molecule has 2 heterocycles. The molecule has 0 radical (unpaired) electrons. The van der Waals surface area contributed by atoms with Gasteiger partial charge >= 0.3 is 0 Å². The highest BCUT2D eigenvalue weighted by Gasteiger charge is 2.10. The second-order valence-electron chi connectivity index (χ2n) is 5.95. The van der Waals surface area contributed by atoms with E-state index >= 15 is 0 Å². The summed E-state index contributed by atoms with van der Waals surface area (Å²) in [6, 6.07) is 16.2. The Kier molecular flexibility index (Phi) is 4.20. The number of hydrogen-bond donors (Lipinski definition) is 2. The number of nitrogens with zero attached hydrogens (tertiary/aromatic N) is 2. The molecule has 2 aromatic carbocycles. The first-order valence-corrected chi connectivity index (χ1v) is 8.17. The van der Waals surface area contributed by atoms with Gasteiger partial charge in [0.15, 0.2) is 5.76 Å². The van der Waals surface area contributed by atoms with E-state index in [4.69, 9.17) is 4.52 Å². The molecule has 26 heavy (non-hydrogen) atoms.